The van der Waals surface area contributed by atoms with E-state index in [-0.39, 0.29) is 0 Å². The van der Waals surface area contributed by atoms with Gasteiger partial charge in [-0.1, -0.05) is 38.8 Å². The molecule has 0 saturated heterocycles. The molecule has 0 unspecified atom stereocenters. The molecule has 0 rings (SSSR count). The van der Waals surface area contributed by atoms with Gasteiger partial charge in [-0.05, 0) is 13.8 Å². The highest BCUT2D eigenvalue weighted by Gasteiger charge is 1.84. The number of nitrogens with zero attached hydrogens (tertiary/aromatic N) is 2. The molecule has 0 amide bonds. The van der Waals surface area contributed by atoms with Crippen molar-refractivity contribution in [3.8, 4) is 0 Å². The summed E-state index contributed by atoms with van der Waals surface area (Å²) < 4.78 is 0. The van der Waals surface area contributed by atoms with Crippen molar-refractivity contribution in [1.82, 2.24) is 0 Å². The molecule has 0 N–H and O–H groups in total. The number of hydrogen-bond donors (Lipinski definition) is 0. The largest absolute Gasteiger partial charge is 0.243 e. The van der Waals surface area contributed by atoms with Crippen molar-refractivity contribution in [3.63, 3.8) is 0 Å². The normalized spacial score (nSPS) is 7.14. The summed E-state index contributed by atoms with van der Waals surface area (Å²) >= 11 is 0. The van der Waals surface area contributed by atoms with Crippen LogP contribution in [0.1, 0.15) is 41.5 Å². The van der Waals surface area contributed by atoms with E-state index in [0.29, 0.717) is 0 Å². The van der Waals surface area contributed by atoms with E-state index in [2.05, 4.69) is 9.69 Å². The molecule has 76 valence electrons. The lowest BCUT2D eigenvalue weighted by Crippen LogP contribution is -1.66. The molecule has 0 aromatic carbocycles. The lowest BCUT2D eigenvalue weighted by atomic mass is 10.3. The predicted octanol–water partition coefficient (Wildman–Crippen LogP) is 4.44. The van der Waals surface area contributed by atoms with Crippen LogP contribution in [0.4, 0.5) is 0 Å². The van der Waals surface area contributed by atoms with Gasteiger partial charge in [-0.3, -0.25) is 0 Å². The summed E-state index contributed by atoms with van der Waals surface area (Å²) in [4.78, 5) is 6.44. The summed E-state index contributed by atoms with van der Waals surface area (Å²) in [6, 6.07) is 0. The summed E-state index contributed by atoms with van der Waals surface area (Å²) in [7, 11) is 0. The second-order valence-electron chi connectivity index (χ2n) is 3.39. The molecular formula is C12H18N2. The van der Waals surface area contributed by atoms with Crippen LogP contribution in [0.5, 0.6) is 0 Å². The Morgan fingerprint density at radius 2 is 0.857 bits per heavy atom. The molecule has 0 aromatic rings. The van der Waals surface area contributed by atoms with Crippen molar-refractivity contribution in [2.75, 3.05) is 0 Å². The van der Waals surface area contributed by atoms with E-state index in [1.54, 1.807) is 0 Å². The van der Waals surface area contributed by atoms with E-state index in [1.807, 2.05) is 41.5 Å². The van der Waals surface area contributed by atoms with Crippen molar-refractivity contribution in [3.05, 3.63) is 45.4 Å². The van der Waals surface area contributed by atoms with Crippen LogP contribution in [-0.2, 0) is 0 Å². The highest BCUT2D eigenvalue weighted by Crippen LogP contribution is 2.01. The van der Waals surface area contributed by atoms with Crippen LogP contribution in [0.2, 0.25) is 0 Å². The van der Waals surface area contributed by atoms with Crippen LogP contribution >= 0.6 is 0 Å². The summed E-state index contributed by atoms with van der Waals surface area (Å²) in [5.74, 6) is 0. The van der Waals surface area contributed by atoms with Gasteiger partial charge in [0, 0.05) is 0 Å². The van der Waals surface area contributed by atoms with Crippen molar-refractivity contribution in [2.24, 2.45) is 0 Å². The summed E-state index contributed by atoms with van der Waals surface area (Å²) in [6.45, 7) is 24.4. The molecular weight excluding hydrogens is 172 g/mol. The Bertz CT molecular complexity index is 277. The Labute approximate surface area is 87.6 Å². The molecule has 0 aliphatic heterocycles. The van der Waals surface area contributed by atoms with Crippen molar-refractivity contribution >= 4 is 0 Å². The first-order chi connectivity index (χ1) is 6.36. The first-order valence-corrected chi connectivity index (χ1v) is 4.39. The molecule has 0 spiro atoms. The van der Waals surface area contributed by atoms with Crippen LogP contribution in [0.25, 0.3) is 9.69 Å². The van der Waals surface area contributed by atoms with Crippen LogP contribution in [-0.4, -0.2) is 0 Å². The minimum Gasteiger partial charge on any atom is -0.243 e. The molecule has 2 nitrogen and oxygen atoms in total. The van der Waals surface area contributed by atoms with E-state index >= 15 is 0 Å². The maximum atomic E-state index is 6.51. The van der Waals surface area contributed by atoms with Gasteiger partial charge in [0.05, 0.1) is 13.1 Å². The third-order valence-electron chi connectivity index (χ3n) is 1.78. The Morgan fingerprint density at radius 3 is 0.857 bits per heavy atom. The maximum absolute atomic E-state index is 6.51. The van der Waals surface area contributed by atoms with Gasteiger partial charge in [0.25, 0.3) is 0 Å². The topological polar surface area (TPSA) is 8.72 Å². The van der Waals surface area contributed by atoms with Gasteiger partial charge < -0.3 is 0 Å². The zero-order chi connectivity index (χ0) is 11.7. The summed E-state index contributed by atoms with van der Waals surface area (Å²) in [5, 5.41) is 0. The van der Waals surface area contributed by atoms with Crippen LogP contribution in [0.15, 0.2) is 22.5 Å². The van der Waals surface area contributed by atoms with Gasteiger partial charge in [-0.15, -0.1) is 0 Å². The first-order valence-electron chi connectivity index (χ1n) is 4.39. The molecule has 0 heterocycles. The van der Waals surface area contributed by atoms with E-state index in [4.69, 9.17) is 13.1 Å². The van der Waals surface area contributed by atoms with Gasteiger partial charge in [0.1, 0.15) is 0 Å². The second-order valence-corrected chi connectivity index (χ2v) is 3.39. The average molecular weight is 190 g/mol. The summed E-state index contributed by atoms with van der Waals surface area (Å²) in [6.07, 6.45) is 0. The van der Waals surface area contributed by atoms with Gasteiger partial charge in [0.2, 0.25) is 0 Å². The fourth-order valence-corrected chi connectivity index (χ4v) is 0.224. The van der Waals surface area contributed by atoms with E-state index in [1.165, 1.54) is 0 Å². The second kappa shape index (κ2) is 8.08. The fraction of sp³-hybridized carbons (Fsp3) is 0.500. The van der Waals surface area contributed by atoms with E-state index in [0.717, 1.165) is 22.5 Å². The highest BCUT2D eigenvalue weighted by molar-refractivity contribution is 5.13. The molecule has 0 aliphatic carbocycles. The molecule has 2 heteroatoms. The lowest BCUT2D eigenvalue weighted by molar-refractivity contribution is 1.29. The molecule has 0 aliphatic rings. The first kappa shape index (κ1) is 15.0. The SMILES string of the molecule is [C-]#[N+]C(C)=C(C)C.[C-]#[N+]C(C)=C(C)C. The predicted molar refractivity (Wildman–Crippen MR) is 61.3 cm³/mol. The number of rotatable bonds is 0. The Morgan fingerprint density at radius 1 is 0.643 bits per heavy atom. The molecule has 0 bridgehead atoms. The van der Waals surface area contributed by atoms with Crippen LogP contribution in [0.3, 0.4) is 0 Å². The third kappa shape index (κ3) is 8.56. The Kier molecular flexibility index (Phi) is 8.63. The van der Waals surface area contributed by atoms with Gasteiger partial charge >= 0.3 is 0 Å². The quantitative estimate of drug-likeness (QED) is 0.499. The van der Waals surface area contributed by atoms with Gasteiger partial charge in [-0.2, -0.15) is 0 Å². The molecule has 0 fully saturated rings. The smallest absolute Gasteiger partial charge is 0.161 e. The fourth-order valence-electron chi connectivity index (χ4n) is 0.224. The minimum absolute atomic E-state index is 0.806. The molecule has 0 atom stereocenters. The lowest BCUT2D eigenvalue weighted by Gasteiger charge is -1.85. The van der Waals surface area contributed by atoms with Gasteiger partial charge in [-0.25, -0.2) is 9.69 Å². The molecule has 0 saturated carbocycles. The minimum atomic E-state index is 0.806. The molecule has 14 heavy (non-hydrogen) atoms. The van der Waals surface area contributed by atoms with E-state index in [9.17, 15) is 0 Å². The van der Waals surface area contributed by atoms with Gasteiger partial charge in [0.15, 0.2) is 11.4 Å². The number of allylic oxidation sites excluding steroid dienone is 4. The summed E-state index contributed by atoms with van der Waals surface area (Å²) in [5.41, 5.74) is 3.82. The molecule has 0 aromatic heterocycles. The standard InChI is InChI=1S/2C6H9N/c2*1-5(2)6(3)7-4/h2*1-3H3. The zero-order valence-corrected chi connectivity index (χ0v) is 9.89. The van der Waals surface area contributed by atoms with Crippen molar-refractivity contribution < 1.29 is 0 Å². The monoisotopic (exact) mass is 190 g/mol. The Hall–Kier alpha value is -1.54. The number of hydrogen-bond acceptors (Lipinski definition) is 0. The zero-order valence-electron chi connectivity index (χ0n) is 9.89. The van der Waals surface area contributed by atoms with Crippen molar-refractivity contribution in [1.29, 1.82) is 0 Å². The maximum Gasteiger partial charge on any atom is 0.161 e. The van der Waals surface area contributed by atoms with Crippen LogP contribution in [0, 0.1) is 13.1 Å². The van der Waals surface area contributed by atoms with Crippen molar-refractivity contribution in [2.45, 2.75) is 41.5 Å². The Balaban J connectivity index is 0. The third-order valence-corrected chi connectivity index (χ3v) is 1.78. The average Bonchev–Trinajstić information content (AvgIpc) is 2.15. The highest BCUT2D eigenvalue weighted by atomic mass is 14.6. The van der Waals surface area contributed by atoms with Crippen LogP contribution < -0.4 is 0 Å². The van der Waals surface area contributed by atoms with E-state index < -0.39 is 0 Å². The molecule has 0 radical (unpaired) electrons.